The molecule has 1 fully saturated rings. The number of likely N-dealkylation sites (N-methyl/N-ethyl adjacent to an activating group) is 1. The van der Waals surface area contributed by atoms with Gasteiger partial charge in [0.1, 0.15) is 10.7 Å². The quantitative estimate of drug-likeness (QED) is 0.753. The highest BCUT2D eigenvalue weighted by Crippen LogP contribution is 2.27. The van der Waals surface area contributed by atoms with Crippen LogP contribution in [0.5, 0.6) is 0 Å². The molecule has 1 aromatic carbocycles. The fraction of sp³-hybridized carbons (Fsp3) is 0.476. The number of hydrogen-bond acceptors (Lipinski definition) is 6. The van der Waals surface area contributed by atoms with Gasteiger partial charge in [-0.3, -0.25) is 9.59 Å². The van der Waals surface area contributed by atoms with E-state index in [1.165, 1.54) is 11.3 Å². The lowest BCUT2D eigenvalue weighted by molar-refractivity contribution is -0.130. The fourth-order valence-electron chi connectivity index (χ4n) is 3.23. The molecule has 2 amide bonds. The van der Waals surface area contributed by atoms with Crippen LogP contribution in [0.15, 0.2) is 35.7 Å². The number of nitrogens with one attached hydrogen (secondary N) is 1. The summed E-state index contributed by atoms with van der Waals surface area (Å²) in [6.45, 7) is 7.04. The SMILES string of the molecule is CC(C)[C@H](NC(=O)[C@@H](O)c1ccccc1)c1nc(C(=O)N2CCN(C)CC2)cs1. The molecule has 0 bridgehead atoms. The van der Waals surface area contributed by atoms with Crippen molar-refractivity contribution < 1.29 is 14.7 Å². The minimum atomic E-state index is -1.25. The second kappa shape index (κ2) is 9.47. The molecule has 2 N–H and O–H groups in total. The van der Waals surface area contributed by atoms with E-state index in [-0.39, 0.29) is 17.9 Å². The Labute approximate surface area is 175 Å². The smallest absolute Gasteiger partial charge is 0.273 e. The van der Waals surface area contributed by atoms with Gasteiger partial charge in [0, 0.05) is 31.6 Å². The van der Waals surface area contributed by atoms with Crippen LogP contribution in [-0.4, -0.2) is 64.9 Å². The van der Waals surface area contributed by atoms with Gasteiger partial charge >= 0.3 is 0 Å². The highest BCUT2D eigenvalue weighted by atomic mass is 32.1. The Balaban J connectivity index is 1.70. The average molecular weight is 417 g/mol. The van der Waals surface area contributed by atoms with E-state index in [2.05, 4.69) is 15.2 Å². The Kier molecular flexibility index (Phi) is 7.00. The van der Waals surface area contributed by atoms with E-state index >= 15 is 0 Å². The first-order chi connectivity index (χ1) is 13.9. The summed E-state index contributed by atoms with van der Waals surface area (Å²) in [5.41, 5.74) is 0.954. The Hall–Kier alpha value is -2.29. The zero-order valence-electron chi connectivity index (χ0n) is 17.0. The largest absolute Gasteiger partial charge is 0.378 e. The molecule has 29 heavy (non-hydrogen) atoms. The molecule has 7 nitrogen and oxygen atoms in total. The summed E-state index contributed by atoms with van der Waals surface area (Å²) in [5, 5.41) is 15.7. The molecule has 1 saturated heterocycles. The normalized spacial score (nSPS) is 17.2. The Morgan fingerprint density at radius 2 is 1.79 bits per heavy atom. The molecule has 0 radical (unpaired) electrons. The molecule has 0 aliphatic carbocycles. The van der Waals surface area contributed by atoms with Gasteiger partial charge in [-0.25, -0.2) is 4.98 Å². The summed E-state index contributed by atoms with van der Waals surface area (Å²) < 4.78 is 0. The third kappa shape index (κ3) is 5.20. The number of aliphatic hydroxyl groups excluding tert-OH is 1. The number of benzene rings is 1. The second-order valence-electron chi connectivity index (χ2n) is 7.71. The van der Waals surface area contributed by atoms with Crippen molar-refractivity contribution in [3.63, 3.8) is 0 Å². The maximum atomic E-state index is 12.8. The van der Waals surface area contributed by atoms with Crippen LogP contribution < -0.4 is 5.32 Å². The van der Waals surface area contributed by atoms with Crippen LogP contribution >= 0.6 is 11.3 Å². The first kappa shape index (κ1) is 21.4. The first-order valence-electron chi connectivity index (χ1n) is 9.83. The number of hydrogen-bond donors (Lipinski definition) is 2. The number of aromatic nitrogens is 1. The Morgan fingerprint density at radius 1 is 1.14 bits per heavy atom. The predicted octanol–water partition coefficient (Wildman–Crippen LogP) is 2.08. The van der Waals surface area contributed by atoms with Gasteiger partial charge in [-0.2, -0.15) is 0 Å². The second-order valence-corrected chi connectivity index (χ2v) is 8.60. The highest BCUT2D eigenvalue weighted by molar-refractivity contribution is 7.09. The number of thiazole rings is 1. The van der Waals surface area contributed by atoms with E-state index in [0.717, 1.165) is 13.1 Å². The topological polar surface area (TPSA) is 85.8 Å². The van der Waals surface area contributed by atoms with Crippen LogP contribution in [0.1, 0.15) is 47.1 Å². The molecule has 156 valence electrons. The minimum Gasteiger partial charge on any atom is -0.378 e. The van der Waals surface area contributed by atoms with Crippen molar-refractivity contribution in [2.75, 3.05) is 33.2 Å². The van der Waals surface area contributed by atoms with Crippen molar-refractivity contribution in [1.82, 2.24) is 20.1 Å². The van der Waals surface area contributed by atoms with Gasteiger partial charge < -0.3 is 20.2 Å². The molecular formula is C21H28N4O3S. The predicted molar refractivity (Wildman–Crippen MR) is 113 cm³/mol. The van der Waals surface area contributed by atoms with Crippen molar-refractivity contribution in [2.24, 2.45) is 5.92 Å². The number of nitrogens with zero attached hydrogens (tertiary/aromatic N) is 3. The zero-order valence-corrected chi connectivity index (χ0v) is 17.9. The van der Waals surface area contributed by atoms with Crippen molar-refractivity contribution in [1.29, 1.82) is 0 Å². The van der Waals surface area contributed by atoms with Crippen molar-refractivity contribution in [2.45, 2.75) is 26.0 Å². The molecule has 2 heterocycles. The van der Waals surface area contributed by atoms with E-state index in [0.29, 0.717) is 29.4 Å². The van der Waals surface area contributed by atoms with E-state index in [9.17, 15) is 14.7 Å². The fourth-order valence-corrected chi connectivity index (χ4v) is 4.25. The average Bonchev–Trinajstić information content (AvgIpc) is 3.21. The maximum Gasteiger partial charge on any atom is 0.273 e. The summed E-state index contributed by atoms with van der Waals surface area (Å²) in [6, 6.07) is 8.45. The third-order valence-electron chi connectivity index (χ3n) is 5.13. The summed E-state index contributed by atoms with van der Waals surface area (Å²) in [6.07, 6.45) is -1.25. The molecule has 2 aromatic rings. The number of aliphatic hydroxyl groups is 1. The van der Waals surface area contributed by atoms with Crippen LogP contribution in [0.3, 0.4) is 0 Å². The molecule has 0 spiro atoms. The molecule has 1 aromatic heterocycles. The van der Waals surface area contributed by atoms with Crippen LogP contribution in [0.2, 0.25) is 0 Å². The number of carbonyl (C=O) groups excluding carboxylic acids is 2. The van der Waals surface area contributed by atoms with Crippen LogP contribution in [0.25, 0.3) is 0 Å². The summed E-state index contributed by atoms with van der Waals surface area (Å²) in [7, 11) is 2.04. The molecule has 1 aliphatic heterocycles. The summed E-state index contributed by atoms with van der Waals surface area (Å²) in [4.78, 5) is 33.9. The standard InChI is InChI=1S/C21H28N4O3S/c1-14(2)17(23-19(27)18(26)15-7-5-4-6-8-15)20-22-16(13-29-20)21(28)25-11-9-24(3)10-12-25/h4-8,13-14,17-18,26H,9-12H2,1-3H3,(H,23,27)/t17-,18-/m0/s1. The number of rotatable bonds is 6. The monoisotopic (exact) mass is 416 g/mol. The Morgan fingerprint density at radius 3 is 2.41 bits per heavy atom. The van der Waals surface area contributed by atoms with E-state index < -0.39 is 12.0 Å². The van der Waals surface area contributed by atoms with Crippen molar-refractivity contribution >= 4 is 23.2 Å². The van der Waals surface area contributed by atoms with Gasteiger partial charge in [-0.05, 0) is 18.5 Å². The maximum absolute atomic E-state index is 12.8. The van der Waals surface area contributed by atoms with Crippen molar-refractivity contribution in [3.05, 3.63) is 52.0 Å². The highest BCUT2D eigenvalue weighted by Gasteiger charge is 2.28. The van der Waals surface area contributed by atoms with Gasteiger partial charge in [0.15, 0.2) is 6.10 Å². The van der Waals surface area contributed by atoms with Crippen LogP contribution in [0, 0.1) is 5.92 Å². The lowest BCUT2D eigenvalue weighted by atomic mass is 10.0. The molecular weight excluding hydrogens is 388 g/mol. The summed E-state index contributed by atoms with van der Waals surface area (Å²) >= 11 is 1.36. The van der Waals surface area contributed by atoms with E-state index in [4.69, 9.17) is 0 Å². The van der Waals surface area contributed by atoms with Gasteiger partial charge in [-0.15, -0.1) is 11.3 Å². The molecule has 8 heteroatoms. The lowest BCUT2D eigenvalue weighted by Gasteiger charge is -2.31. The molecule has 0 saturated carbocycles. The van der Waals surface area contributed by atoms with Crippen molar-refractivity contribution in [3.8, 4) is 0 Å². The molecule has 2 atom stereocenters. The van der Waals surface area contributed by atoms with Gasteiger partial charge in [0.25, 0.3) is 11.8 Å². The van der Waals surface area contributed by atoms with E-state index in [1.807, 2.05) is 31.9 Å². The minimum absolute atomic E-state index is 0.0552. The van der Waals surface area contributed by atoms with Gasteiger partial charge in [0.05, 0.1) is 6.04 Å². The summed E-state index contributed by atoms with van der Waals surface area (Å²) in [5.74, 6) is -0.490. The number of piperazine rings is 1. The molecule has 1 aliphatic rings. The van der Waals surface area contributed by atoms with Gasteiger partial charge in [0.2, 0.25) is 0 Å². The lowest BCUT2D eigenvalue weighted by Crippen LogP contribution is -2.47. The van der Waals surface area contributed by atoms with Crippen LogP contribution in [0.4, 0.5) is 0 Å². The number of carbonyl (C=O) groups is 2. The zero-order chi connectivity index (χ0) is 21.0. The third-order valence-corrected chi connectivity index (χ3v) is 6.05. The van der Waals surface area contributed by atoms with Crippen LogP contribution in [-0.2, 0) is 4.79 Å². The number of amides is 2. The molecule has 3 rings (SSSR count). The first-order valence-corrected chi connectivity index (χ1v) is 10.7. The molecule has 0 unspecified atom stereocenters. The Bertz CT molecular complexity index is 831. The van der Waals surface area contributed by atoms with Gasteiger partial charge in [-0.1, -0.05) is 44.2 Å². The van der Waals surface area contributed by atoms with E-state index in [1.54, 1.807) is 29.6 Å².